The number of carbonyl (C=O) groups excluding carboxylic acids is 1. The van der Waals surface area contributed by atoms with E-state index in [1.54, 1.807) is 20.8 Å². The van der Waals surface area contributed by atoms with Gasteiger partial charge in [0.2, 0.25) is 0 Å². The fraction of sp³-hybridized carbons (Fsp3) is 0.467. The summed E-state index contributed by atoms with van der Waals surface area (Å²) in [5.74, 6) is -1.62. The Hall–Kier alpha value is -2.15. The van der Waals surface area contributed by atoms with E-state index in [9.17, 15) is 19.1 Å². The SMILES string of the molecule is CC(C)(C)OC(=O)NC(CC(N)c1ccc(F)cc1)C(=O)O. The van der Waals surface area contributed by atoms with Crippen molar-refractivity contribution in [2.75, 3.05) is 0 Å². The lowest BCUT2D eigenvalue weighted by Gasteiger charge is -2.23. The van der Waals surface area contributed by atoms with Crippen LogP contribution in [-0.2, 0) is 9.53 Å². The Kier molecular flexibility index (Phi) is 5.87. The minimum Gasteiger partial charge on any atom is -0.480 e. The number of aliphatic carboxylic acids is 1. The van der Waals surface area contributed by atoms with Gasteiger partial charge in [-0.05, 0) is 44.9 Å². The fourth-order valence-electron chi connectivity index (χ4n) is 1.77. The topological polar surface area (TPSA) is 102 Å². The molecule has 6 nitrogen and oxygen atoms in total. The predicted molar refractivity (Wildman–Crippen MR) is 78.7 cm³/mol. The number of halogens is 1. The lowest BCUT2D eigenvalue weighted by atomic mass is 10.0. The summed E-state index contributed by atoms with van der Waals surface area (Å²) in [5.41, 5.74) is 5.76. The second-order valence-corrected chi connectivity index (χ2v) is 5.93. The van der Waals surface area contributed by atoms with Gasteiger partial charge >= 0.3 is 12.1 Å². The first kappa shape index (κ1) is 17.9. The zero-order valence-electron chi connectivity index (χ0n) is 12.8. The molecule has 0 aliphatic carbocycles. The van der Waals surface area contributed by atoms with E-state index in [4.69, 9.17) is 10.5 Å². The van der Waals surface area contributed by atoms with Crippen molar-refractivity contribution in [1.29, 1.82) is 0 Å². The molecule has 1 rings (SSSR count). The minimum absolute atomic E-state index is 0.0415. The van der Waals surface area contributed by atoms with Crippen molar-refractivity contribution >= 4 is 12.1 Å². The van der Waals surface area contributed by atoms with E-state index in [0.29, 0.717) is 5.56 Å². The number of carboxylic acid groups (broad SMARTS) is 1. The minimum atomic E-state index is -1.22. The average Bonchev–Trinajstić information content (AvgIpc) is 2.36. The number of hydrogen-bond donors (Lipinski definition) is 3. The van der Waals surface area contributed by atoms with Gasteiger partial charge < -0.3 is 20.9 Å². The van der Waals surface area contributed by atoms with Crippen molar-refractivity contribution in [1.82, 2.24) is 5.32 Å². The van der Waals surface area contributed by atoms with E-state index in [1.165, 1.54) is 24.3 Å². The van der Waals surface area contributed by atoms with Gasteiger partial charge in [-0.1, -0.05) is 12.1 Å². The molecule has 0 aromatic heterocycles. The van der Waals surface area contributed by atoms with Crippen LogP contribution in [-0.4, -0.2) is 28.8 Å². The second-order valence-electron chi connectivity index (χ2n) is 5.93. The summed E-state index contributed by atoms with van der Waals surface area (Å²) in [5, 5.41) is 11.4. The second kappa shape index (κ2) is 7.22. The maximum Gasteiger partial charge on any atom is 0.408 e. The van der Waals surface area contributed by atoms with Crippen LogP contribution in [0.2, 0.25) is 0 Å². The zero-order chi connectivity index (χ0) is 16.9. The van der Waals surface area contributed by atoms with Crippen LogP contribution < -0.4 is 11.1 Å². The number of carbonyl (C=O) groups is 2. The normalized spacial score (nSPS) is 14.0. The van der Waals surface area contributed by atoms with Crippen molar-refractivity contribution in [3.05, 3.63) is 35.6 Å². The van der Waals surface area contributed by atoms with Gasteiger partial charge in [0, 0.05) is 6.04 Å². The smallest absolute Gasteiger partial charge is 0.408 e. The maximum absolute atomic E-state index is 12.9. The van der Waals surface area contributed by atoms with Crippen LogP contribution in [0.1, 0.15) is 38.8 Å². The molecule has 0 radical (unpaired) electrons. The molecule has 0 saturated carbocycles. The number of amides is 1. The highest BCUT2D eigenvalue weighted by molar-refractivity contribution is 5.80. The average molecular weight is 312 g/mol. The van der Waals surface area contributed by atoms with Gasteiger partial charge in [-0.2, -0.15) is 0 Å². The van der Waals surface area contributed by atoms with Crippen molar-refractivity contribution in [3.8, 4) is 0 Å². The summed E-state index contributed by atoms with van der Waals surface area (Å²) in [7, 11) is 0. The van der Waals surface area contributed by atoms with Crippen LogP contribution in [0.5, 0.6) is 0 Å². The monoisotopic (exact) mass is 312 g/mol. The highest BCUT2D eigenvalue weighted by Gasteiger charge is 2.26. The highest BCUT2D eigenvalue weighted by atomic mass is 19.1. The Bertz CT molecular complexity index is 525. The lowest BCUT2D eigenvalue weighted by Crippen LogP contribution is -2.44. The van der Waals surface area contributed by atoms with Gasteiger partial charge in [-0.25, -0.2) is 14.0 Å². The number of rotatable bonds is 5. The number of nitrogens with two attached hydrogens (primary N) is 1. The quantitative estimate of drug-likeness (QED) is 0.773. The number of carboxylic acids is 1. The first-order valence-electron chi connectivity index (χ1n) is 6.82. The molecule has 4 N–H and O–H groups in total. The maximum atomic E-state index is 12.9. The summed E-state index contributed by atoms with van der Waals surface area (Å²) < 4.78 is 17.9. The summed E-state index contributed by atoms with van der Waals surface area (Å²) in [6, 6.07) is 3.59. The van der Waals surface area contributed by atoms with E-state index < -0.39 is 35.6 Å². The molecular formula is C15H21FN2O4. The van der Waals surface area contributed by atoms with Gasteiger partial charge in [0.1, 0.15) is 17.5 Å². The summed E-state index contributed by atoms with van der Waals surface area (Å²) in [6.07, 6.45) is -0.869. The molecule has 1 amide bonds. The molecule has 2 atom stereocenters. The van der Waals surface area contributed by atoms with E-state index in [-0.39, 0.29) is 6.42 Å². The van der Waals surface area contributed by atoms with Crippen LogP contribution in [0.25, 0.3) is 0 Å². The molecule has 1 aromatic carbocycles. The zero-order valence-corrected chi connectivity index (χ0v) is 12.8. The van der Waals surface area contributed by atoms with Gasteiger partial charge in [0.05, 0.1) is 0 Å². The van der Waals surface area contributed by atoms with Gasteiger partial charge in [-0.3, -0.25) is 0 Å². The molecule has 0 aliphatic heterocycles. The van der Waals surface area contributed by atoms with Crippen LogP contribution in [0.4, 0.5) is 9.18 Å². The molecule has 0 fully saturated rings. The predicted octanol–water partition coefficient (Wildman–Crippen LogP) is 2.19. The van der Waals surface area contributed by atoms with Crippen LogP contribution in [0.3, 0.4) is 0 Å². The third-order valence-electron chi connectivity index (χ3n) is 2.78. The number of benzene rings is 1. The summed E-state index contributed by atoms with van der Waals surface area (Å²) in [4.78, 5) is 22.9. The Balaban J connectivity index is 2.70. The summed E-state index contributed by atoms with van der Waals surface area (Å²) >= 11 is 0. The van der Waals surface area contributed by atoms with Gasteiger partial charge in [0.15, 0.2) is 0 Å². The molecular weight excluding hydrogens is 291 g/mol. The number of alkyl carbamates (subject to hydrolysis) is 1. The molecule has 2 unspecified atom stereocenters. The number of hydrogen-bond acceptors (Lipinski definition) is 4. The van der Waals surface area contributed by atoms with Gasteiger partial charge in [0.25, 0.3) is 0 Å². The number of ether oxygens (including phenoxy) is 1. The van der Waals surface area contributed by atoms with Crippen molar-refractivity contribution < 1.29 is 23.8 Å². The third-order valence-corrected chi connectivity index (χ3v) is 2.78. The largest absolute Gasteiger partial charge is 0.480 e. The van der Waals surface area contributed by atoms with E-state index >= 15 is 0 Å². The molecule has 7 heteroatoms. The van der Waals surface area contributed by atoms with E-state index in [0.717, 1.165) is 0 Å². The standard InChI is InChI=1S/C15H21FN2O4/c1-15(2,3)22-14(21)18-12(13(19)20)8-11(17)9-4-6-10(16)7-5-9/h4-7,11-12H,8,17H2,1-3H3,(H,18,21)(H,19,20). The fourth-order valence-corrected chi connectivity index (χ4v) is 1.77. The molecule has 22 heavy (non-hydrogen) atoms. The first-order valence-corrected chi connectivity index (χ1v) is 6.82. The molecule has 0 saturated heterocycles. The molecule has 1 aromatic rings. The molecule has 0 spiro atoms. The Morgan fingerprint density at radius 3 is 2.32 bits per heavy atom. The van der Waals surface area contributed by atoms with Gasteiger partial charge in [-0.15, -0.1) is 0 Å². The molecule has 122 valence electrons. The lowest BCUT2D eigenvalue weighted by molar-refractivity contribution is -0.139. The van der Waals surface area contributed by atoms with E-state index in [2.05, 4.69) is 5.32 Å². The molecule has 0 heterocycles. The Morgan fingerprint density at radius 1 is 1.32 bits per heavy atom. The first-order chi connectivity index (χ1) is 10.1. The number of nitrogens with one attached hydrogen (secondary N) is 1. The van der Waals surface area contributed by atoms with Crippen LogP contribution in [0.15, 0.2) is 24.3 Å². The van der Waals surface area contributed by atoms with E-state index in [1.807, 2.05) is 0 Å². The molecule has 0 aliphatic rings. The van der Waals surface area contributed by atoms with Crippen molar-refractivity contribution in [3.63, 3.8) is 0 Å². The molecule has 0 bridgehead atoms. The Morgan fingerprint density at radius 2 is 1.86 bits per heavy atom. The summed E-state index contributed by atoms with van der Waals surface area (Å²) in [6.45, 7) is 5.02. The Labute approximate surface area is 128 Å². The highest BCUT2D eigenvalue weighted by Crippen LogP contribution is 2.17. The van der Waals surface area contributed by atoms with Crippen LogP contribution in [0, 0.1) is 5.82 Å². The third kappa shape index (κ3) is 6.09. The van der Waals surface area contributed by atoms with Crippen LogP contribution >= 0.6 is 0 Å². The van der Waals surface area contributed by atoms with Crippen molar-refractivity contribution in [2.24, 2.45) is 5.73 Å². The van der Waals surface area contributed by atoms with Crippen molar-refractivity contribution in [2.45, 2.75) is 44.9 Å².